The molecule has 2 aliphatic rings. The number of hydrazine groups is 1. The number of amides is 4. The van der Waals surface area contributed by atoms with Crippen LogP contribution in [0.15, 0.2) is 72.8 Å². The van der Waals surface area contributed by atoms with Gasteiger partial charge in [-0.3, -0.25) is 9.59 Å². The van der Waals surface area contributed by atoms with Gasteiger partial charge in [0.2, 0.25) is 11.8 Å². The summed E-state index contributed by atoms with van der Waals surface area (Å²) in [5, 5.41) is 14.5. The number of urea groups is 1. The molecule has 2 N–H and O–H groups in total. The molecule has 0 aliphatic carbocycles. The number of halogens is 3. The minimum atomic E-state index is -1.14. The highest BCUT2D eigenvalue weighted by Gasteiger charge is 2.51. The molecule has 2 saturated heterocycles. The Morgan fingerprint density at radius 1 is 0.976 bits per heavy atom. The first kappa shape index (κ1) is 28.0. The van der Waals surface area contributed by atoms with E-state index in [-0.39, 0.29) is 37.4 Å². The first-order valence-electron chi connectivity index (χ1n) is 13.0. The largest absolute Gasteiger partial charge is 0.508 e. The van der Waals surface area contributed by atoms with E-state index in [1.54, 1.807) is 12.1 Å². The summed E-state index contributed by atoms with van der Waals surface area (Å²) in [6.07, 6.45) is -1.08. The first-order valence-corrected chi connectivity index (χ1v) is 13.0. The number of alkyl halides is 1. The van der Waals surface area contributed by atoms with Crippen LogP contribution in [0.3, 0.4) is 0 Å². The molecule has 5 rings (SSSR count). The van der Waals surface area contributed by atoms with Crippen molar-refractivity contribution in [2.24, 2.45) is 0 Å². The van der Waals surface area contributed by atoms with E-state index >= 15 is 0 Å². The van der Waals surface area contributed by atoms with E-state index in [9.17, 15) is 32.7 Å². The molecule has 0 saturated carbocycles. The molecule has 2 fully saturated rings. The Balaban J connectivity index is 1.49. The molecule has 2 heterocycles. The second-order valence-electron chi connectivity index (χ2n) is 9.90. The molecule has 0 radical (unpaired) electrons. The van der Waals surface area contributed by atoms with Crippen molar-refractivity contribution in [2.45, 2.75) is 31.7 Å². The third kappa shape index (κ3) is 5.97. The van der Waals surface area contributed by atoms with Gasteiger partial charge in [-0.1, -0.05) is 48.5 Å². The van der Waals surface area contributed by atoms with E-state index in [2.05, 4.69) is 5.32 Å². The van der Waals surface area contributed by atoms with Crippen LogP contribution in [0.25, 0.3) is 0 Å². The Morgan fingerprint density at radius 2 is 1.71 bits per heavy atom. The van der Waals surface area contributed by atoms with Crippen molar-refractivity contribution in [3.8, 4) is 5.75 Å². The Bertz CT molecular complexity index is 1430. The van der Waals surface area contributed by atoms with Gasteiger partial charge in [-0.25, -0.2) is 23.0 Å². The zero-order valence-electron chi connectivity index (χ0n) is 21.9. The molecule has 12 heteroatoms. The summed E-state index contributed by atoms with van der Waals surface area (Å²) in [5.41, 5.74) is 1.46. The van der Waals surface area contributed by atoms with Crippen molar-refractivity contribution in [3.05, 3.63) is 101 Å². The number of phenolic OH excluding ortho intramolecular Hbond substituents is 1. The Morgan fingerprint density at radius 3 is 2.39 bits per heavy atom. The monoisotopic (exact) mass is 567 g/mol. The lowest BCUT2D eigenvalue weighted by molar-refractivity contribution is -0.195. The third-order valence-corrected chi connectivity index (χ3v) is 7.20. The molecule has 9 nitrogen and oxygen atoms in total. The van der Waals surface area contributed by atoms with E-state index in [1.807, 2.05) is 30.3 Å². The molecular formula is C29H28F3N5O4. The topological polar surface area (TPSA) is 96.4 Å². The lowest BCUT2D eigenvalue weighted by Crippen LogP contribution is -2.76. The van der Waals surface area contributed by atoms with Crippen molar-refractivity contribution < 1.29 is 32.7 Å². The molecule has 0 spiro atoms. The quantitative estimate of drug-likeness (QED) is 0.428. The van der Waals surface area contributed by atoms with Crippen LogP contribution in [-0.4, -0.2) is 74.9 Å². The minimum Gasteiger partial charge on any atom is -0.508 e. The van der Waals surface area contributed by atoms with Gasteiger partial charge in [0.25, 0.3) is 0 Å². The van der Waals surface area contributed by atoms with Crippen LogP contribution in [0, 0.1) is 11.6 Å². The van der Waals surface area contributed by atoms with Gasteiger partial charge in [0, 0.05) is 31.1 Å². The number of hydrogen-bond acceptors (Lipinski definition) is 5. The van der Waals surface area contributed by atoms with Crippen LogP contribution in [0.2, 0.25) is 0 Å². The van der Waals surface area contributed by atoms with Crippen LogP contribution in [0.4, 0.5) is 18.0 Å². The summed E-state index contributed by atoms with van der Waals surface area (Å²) in [7, 11) is 0. The number of carbonyl (C=O) groups excluding carboxylic acids is 3. The summed E-state index contributed by atoms with van der Waals surface area (Å²) in [5.74, 6) is -2.67. The van der Waals surface area contributed by atoms with Gasteiger partial charge in [0.05, 0.1) is 6.54 Å². The molecule has 0 unspecified atom stereocenters. The number of carbonyl (C=O) groups is 3. The molecule has 0 aromatic heterocycles. The lowest BCUT2D eigenvalue weighted by Gasteiger charge is -2.54. The van der Waals surface area contributed by atoms with Crippen molar-refractivity contribution in [3.63, 3.8) is 0 Å². The number of hydrogen-bond donors (Lipinski definition) is 2. The van der Waals surface area contributed by atoms with E-state index in [0.29, 0.717) is 11.6 Å². The highest BCUT2D eigenvalue weighted by Crippen LogP contribution is 2.30. The molecule has 214 valence electrons. The highest BCUT2D eigenvalue weighted by molar-refractivity contribution is 5.91. The molecule has 41 heavy (non-hydrogen) atoms. The number of nitrogens with zero attached hydrogens (tertiary/aromatic N) is 4. The zero-order chi connectivity index (χ0) is 29.1. The fourth-order valence-corrected chi connectivity index (χ4v) is 5.21. The maximum Gasteiger partial charge on any atom is 0.334 e. The standard InChI is InChI=1S/C29H28F3N5O4/c30-18-35-17-27(39)36-25(12-19-6-10-23(38)11-7-19)28(40)34(15-21-8-9-22(31)13-24(21)32)16-26(36)37(35)29(41)33-14-20-4-2-1-3-5-20/h1-11,13,25-26,38H,12,14-18H2,(H,33,41)/t25-,26-/m0/s1. The molecule has 3 aromatic carbocycles. The summed E-state index contributed by atoms with van der Waals surface area (Å²) in [6, 6.07) is 16.4. The van der Waals surface area contributed by atoms with Gasteiger partial charge in [0.1, 0.15) is 36.1 Å². The number of piperazine rings is 1. The molecule has 3 aromatic rings. The van der Waals surface area contributed by atoms with E-state index in [0.717, 1.165) is 21.6 Å². The van der Waals surface area contributed by atoms with Gasteiger partial charge in [-0.2, -0.15) is 5.01 Å². The molecule has 2 aliphatic heterocycles. The van der Waals surface area contributed by atoms with E-state index in [4.69, 9.17) is 0 Å². The van der Waals surface area contributed by atoms with Crippen molar-refractivity contribution in [1.29, 1.82) is 0 Å². The lowest BCUT2D eigenvalue weighted by atomic mass is 9.98. The van der Waals surface area contributed by atoms with Gasteiger partial charge >= 0.3 is 6.03 Å². The number of fused-ring (bicyclic) bond motifs is 1. The fraction of sp³-hybridized carbons (Fsp3) is 0.276. The van der Waals surface area contributed by atoms with E-state index in [1.165, 1.54) is 28.0 Å². The molecular weight excluding hydrogens is 539 g/mol. The maximum atomic E-state index is 14.6. The molecule has 4 amide bonds. The predicted octanol–water partition coefficient (Wildman–Crippen LogP) is 3.15. The van der Waals surface area contributed by atoms with Crippen molar-refractivity contribution >= 4 is 17.8 Å². The SMILES string of the molecule is O=C1[C@H](Cc2ccc(O)cc2)N2C(=O)CN(CF)N(C(=O)NCc3ccccc3)[C@H]2CN1Cc1ccc(F)cc1F. The van der Waals surface area contributed by atoms with Crippen LogP contribution in [0.5, 0.6) is 5.75 Å². The fourth-order valence-electron chi connectivity index (χ4n) is 5.21. The van der Waals surface area contributed by atoms with Crippen LogP contribution in [-0.2, 0) is 29.1 Å². The minimum absolute atomic E-state index is 0.0175. The second kappa shape index (κ2) is 11.9. The summed E-state index contributed by atoms with van der Waals surface area (Å²) >= 11 is 0. The number of rotatable bonds is 7. The summed E-state index contributed by atoms with van der Waals surface area (Å²) < 4.78 is 42.4. The van der Waals surface area contributed by atoms with Gasteiger partial charge in [-0.15, -0.1) is 0 Å². The number of phenols is 1. The molecule has 2 atom stereocenters. The highest BCUT2D eigenvalue weighted by atomic mass is 19.1. The number of nitrogens with one attached hydrogen (secondary N) is 1. The van der Waals surface area contributed by atoms with E-state index < -0.39 is 55.0 Å². The Kier molecular flexibility index (Phi) is 8.11. The number of aromatic hydroxyl groups is 1. The van der Waals surface area contributed by atoms with Crippen LogP contribution < -0.4 is 5.32 Å². The molecule has 0 bridgehead atoms. The third-order valence-electron chi connectivity index (χ3n) is 7.20. The predicted molar refractivity (Wildman–Crippen MR) is 141 cm³/mol. The zero-order valence-corrected chi connectivity index (χ0v) is 21.9. The summed E-state index contributed by atoms with van der Waals surface area (Å²) in [4.78, 5) is 43.2. The smallest absolute Gasteiger partial charge is 0.334 e. The van der Waals surface area contributed by atoms with Gasteiger partial charge < -0.3 is 20.2 Å². The number of benzene rings is 3. The normalized spacial score (nSPS) is 19.3. The Labute approximate surface area is 234 Å². The average Bonchev–Trinajstić information content (AvgIpc) is 2.96. The van der Waals surface area contributed by atoms with Crippen LogP contribution in [0.1, 0.15) is 16.7 Å². The van der Waals surface area contributed by atoms with Crippen molar-refractivity contribution in [2.75, 3.05) is 19.9 Å². The average molecular weight is 568 g/mol. The Hall–Kier alpha value is -4.58. The first-order chi connectivity index (χ1) is 19.7. The maximum absolute atomic E-state index is 14.6. The van der Waals surface area contributed by atoms with Gasteiger partial charge in [0.15, 0.2) is 6.80 Å². The summed E-state index contributed by atoms with van der Waals surface area (Å²) in [6.45, 7) is -1.97. The van der Waals surface area contributed by atoms with Gasteiger partial charge in [-0.05, 0) is 29.3 Å². The van der Waals surface area contributed by atoms with Crippen molar-refractivity contribution in [1.82, 2.24) is 25.1 Å². The second-order valence-corrected chi connectivity index (χ2v) is 9.90. The van der Waals surface area contributed by atoms with Crippen LogP contribution >= 0.6 is 0 Å².